The predicted molar refractivity (Wildman–Crippen MR) is 79.5 cm³/mol. The van der Waals surface area contributed by atoms with Crippen molar-refractivity contribution in [2.75, 3.05) is 26.9 Å². The molecule has 118 valence electrons. The molecule has 1 unspecified atom stereocenters. The molecule has 0 aromatic rings. The van der Waals surface area contributed by atoms with Crippen molar-refractivity contribution in [3.05, 3.63) is 0 Å². The number of hydrogen-bond acceptors (Lipinski definition) is 4. The van der Waals surface area contributed by atoms with Crippen LogP contribution in [0.3, 0.4) is 0 Å². The number of ether oxygens (including phenoxy) is 2. The second-order valence-electron chi connectivity index (χ2n) is 5.87. The molecular weight excluding hydrogens is 256 g/mol. The largest absolute Gasteiger partial charge is 0.385 e. The van der Waals surface area contributed by atoms with Crippen LogP contribution in [-0.2, 0) is 14.3 Å². The Morgan fingerprint density at radius 2 is 1.95 bits per heavy atom. The maximum Gasteiger partial charge on any atom is 0.248 e. The smallest absolute Gasteiger partial charge is 0.248 e. The van der Waals surface area contributed by atoms with Gasteiger partial charge in [-0.05, 0) is 26.2 Å². The predicted octanol–water partition coefficient (Wildman–Crippen LogP) is 1.60. The summed E-state index contributed by atoms with van der Waals surface area (Å²) in [6.45, 7) is 3.53. The average molecular weight is 286 g/mol. The molecule has 1 aliphatic carbocycles. The van der Waals surface area contributed by atoms with Crippen LogP contribution in [0.4, 0.5) is 0 Å². The summed E-state index contributed by atoms with van der Waals surface area (Å²) in [6.07, 6.45) is 7.21. The quantitative estimate of drug-likeness (QED) is 0.525. The van der Waals surface area contributed by atoms with Gasteiger partial charge in [0.1, 0.15) is 6.10 Å². The highest BCUT2D eigenvalue weighted by Crippen LogP contribution is 2.25. The molecule has 1 aliphatic rings. The lowest BCUT2D eigenvalue weighted by Gasteiger charge is -2.29. The molecule has 1 amide bonds. The lowest BCUT2D eigenvalue weighted by Crippen LogP contribution is -2.46. The van der Waals surface area contributed by atoms with Crippen molar-refractivity contribution in [3.8, 4) is 0 Å². The van der Waals surface area contributed by atoms with Crippen molar-refractivity contribution in [2.24, 2.45) is 5.73 Å². The first-order valence-corrected chi connectivity index (χ1v) is 7.74. The molecule has 0 spiro atoms. The molecule has 1 rings (SSSR count). The van der Waals surface area contributed by atoms with Crippen LogP contribution < -0.4 is 11.1 Å². The molecule has 5 nitrogen and oxygen atoms in total. The first kappa shape index (κ1) is 17.4. The molecule has 0 aliphatic heterocycles. The van der Waals surface area contributed by atoms with Gasteiger partial charge in [0.15, 0.2) is 0 Å². The van der Waals surface area contributed by atoms with Gasteiger partial charge >= 0.3 is 0 Å². The van der Waals surface area contributed by atoms with Crippen LogP contribution in [-0.4, -0.2) is 44.4 Å². The molecule has 0 bridgehead atoms. The fourth-order valence-corrected chi connectivity index (χ4v) is 2.52. The van der Waals surface area contributed by atoms with Crippen LogP contribution in [0.5, 0.6) is 0 Å². The Morgan fingerprint density at radius 3 is 2.55 bits per heavy atom. The van der Waals surface area contributed by atoms with E-state index in [4.69, 9.17) is 15.2 Å². The second kappa shape index (κ2) is 9.32. The van der Waals surface area contributed by atoms with E-state index < -0.39 is 6.10 Å². The lowest BCUT2D eigenvalue weighted by atomic mass is 9.92. The average Bonchev–Trinajstić information content (AvgIpc) is 2.66. The Balaban J connectivity index is 2.23. The Morgan fingerprint density at radius 1 is 1.30 bits per heavy atom. The molecule has 3 N–H and O–H groups in total. The standard InChI is InChI=1S/C15H30N2O3/c1-13(14(18)17-10-7-11-19-2)20-12-15(16)8-5-3-4-6-9-15/h13H,3-12,16H2,1-2H3,(H,17,18). The van der Waals surface area contributed by atoms with Crippen LogP contribution in [0.25, 0.3) is 0 Å². The van der Waals surface area contributed by atoms with E-state index in [0.717, 1.165) is 32.1 Å². The highest BCUT2D eigenvalue weighted by atomic mass is 16.5. The van der Waals surface area contributed by atoms with Gasteiger partial charge < -0.3 is 20.5 Å². The van der Waals surface area contributed by atoms with Crippen LogP contribution in [0, 0.1) is 0 Å². The van der Waals surface area contributed by atoms with Gasteiger partial charge in [-0.15, -0.1) is 0 Å². The molecule has 1 atom stereocenters. The normalized spacial score (nSPS) is 20.1. The van der Waals surface area contributed by atoms with Gasteiger partial charge in [0.2, 0.25) is 5.91 Å². The zero-order chi connectivity index (χ0) is 14.8. The van der Waals surface area contributed by atoms with Crippen LogP contribution in [0.2, 0.25) is 0 Å². The highest BCUT2D eigenvalue weighted by Gasteiger charge is 2.28. The minimum absolute atomic E-state index is 0.0710. The zero-order valence-electron chi connectivity index (χ0n) is 13.0. The fraction of sp³-hybridized carbons (Fsp3) is 0.933. The summed E-state index contributed by atoms with van der Waals surface area (Å²) >= 11 is 0. The Hall–Kier alpha value is -0.650. The van der Waals surface area contributed by atoms with Crippen LogP contribution >= 0.6 is 0 Å². The summed E-state index contributed by atoms with van der Waals surface area (Å²) in [7, 11) is 1.65. The molecule has 1 saturated carbocycles. The van der Waals surface area contributed by atoms with E-state index in [1.165, 1.54) is 12.8 Å². The molecule has 20 heavy (non-hydrogen) atoms. The molecule has 0 aromatic heterocycles. The van der Waals surface area contributed by atoms with Crippen molar-refractivity contribution in [1.82, 2.24) is 5.32 Å². The summed E-state index contributed by atoms with van der Waals surface area (Å²) in [5.74, 6) is -0.0710. The van der Waals surface area contributed by atoms with E-state index in [0.29, 0.717) is 19.8 Å². The second-order valence-corrected chi connectivity index (χ2v) is 5.87. The summed E-state index contributed by atoms with van der Waals surface area (Å²) in [5, 5.41) is 2.85. The van der Waals surface area contributed by atoms with Crippen molar-refractivity contribution >= 4 is 5.91 Å². The van der Waals surface area contributed by atoms with Crippen molar-refractivity contribution in [1.29, 1.82) is 0 Å². The third-order valence-electron chi connectivity index (χ3n) is 3.91. The van der Waals surface area contributed by atoms with Crippen molar-refractivity contribution in [2.45, 2.75) is 63.5 Å². The summed E-state index contributed by atoms with van der Waals surface area (Å²) in [6, 6.07) is 0. The number of amides is 1. The third-order valence-corrected chi connectivity index (χ3v) is 3.91. The van der Waals surface area contributed by atoms with E-state index in [1.807, 2.05) is 0 Å². The monoisotopic (exact) mass is 286 g/mol. The summed E-state index contributed by atoms with van der Waals surface area (Å²) < 4.78 is 10.6. The maximum absolute atomic E-state index is 11.8. The summed E-state index contributed by atoms with van der Waals surface area (Å²) in [5.41, 5.74) is 6.13. The van der Waals surface area contributed by atoms with Crippen molar-refractivity contribution in [3.63, 3.8) is 0 Å². The zero-order valence-corrected chi connectivity index (χ0v) is 13.0. The van der Waals surface area contributed by atoms with E-state index in [9.17, 15) is 4.79 Å². The van der Waals surface area contributed by atoms with Gasteiger partial charge in [-0.25, -0.2) is 0 Å². The van der Waals surface area contributed by atoms with Gasteiger partial charge in [-0.2, -0.15) is 0 Å². The molecule has 0 aromatic carbocycles. The van der Waals surface area contributed by atoms with Crippen LogP contribution in [0.1, 0.15) is 51.9 Å². The third kappa shape index (κ3) is 6.68. The molecule has 0 saturated heterocycles. The first-order chi connectivity index (χ1) is 9.57. The number of hydrogen-bond donors (Lipinski definition) is 2. The Kier molecular flexibility index (Phi) is 8.11. The number of nitrogens with two attached hydrogens (primary N) is 1. The first-order valence-electron chi connectivity index (χ1n) is 7.74. The lowest BCUT2D eigenvalue weighted by molar-refractivity contribution is -0.132. The Labute approximate surface area is 122 Å². The van der Waals surface area contributed by atoms with E-state index in [2.05, 4.69) is 5.32 Å². The molecule has 0 heterocycles. The Bertz CT molecular complexity index is 276. The topological polar surface area (TPSA) is 73.6 Å². The van der Waals surface area contributed by atoms with Crippen LogP contribution in [0.15, 0.2) is 0 Å². The number of carbonyl (C=O) groups is 1. The van der Waals surface area contributed by atoms with Gasteiger partial charge in [-0.1, -0.05) is 25.7 Å². The van der Waals surface area contributed by atoms with Gasteiger partial charge in [-0.3, -0.25) is 4.79 Å². The highest BCUT2D eigenvalue weighted by molar-refractivity contribution is 5.80. The minimum Gasteiger partial charge on any atom is -0.385 e. The number of methoxy groups -OCH3 is 1. The number of rotatable bonds is 8. The van der Waals surface area contributed by atoms with Gasteiger partial charge in [0, 0.05) is 25.8 Å². The van der Waals surface area contributed by atoms with Crippen molar-refractivity contribution < 1.29 is 14.3 Å². The minimum atomic E-state index is -0.443. The summed E-state index contributed by atoms with van der Waals surface area (Å²) in [4.78, 5) is 11.8. The van der Waals surface area contributed by atoms with E-state index in [1.54, 1.807) is 14.0 Å². The number of nitrogens with one attached hydrogen (secondary N) is 1. The molecule has 1 fully saturated rings. The van der Waals surface area contributed by atoms with E-state index >= 15 is 0 Å². The van der Waals surface area contributed by atoms with E-state index in [-0.39, 0.29) is 11.4 Å². The molecule has 0 radical (unpaired) electrons. The SMILES string of the molecule is COCCCNC(=O)C(C)OCC1(N)CCCCCC1. The fourth-order valence-electron chi connectivity index (χ4n) is 2.52. The number of carbonyl (C=O) groups excluding carboxylic acids is 1. The van der Waals surface area contributed by atoms with Gasteiger partial charge in [0.25, 0.3) is 0 Å². The maximum atomic E-state index is 11.8. The molecule has 5 heteroatoms. The molecular formula is C15H30N2O3. The van der Waals surface area contributed by atoms with Gasteiger partial charge in [0.05, 0.1) is 6.61 Å².